The molecule has 1 heterocycles. The largest absolute Gasteiger partial charge is 0.271 e. The van der Waals surface area contributed by atoms with E-state index in [0.29, 0.717) is 0 Å². The highest BCUT2D eigenvalue weighted by molar-refractivity contribution is 8.16. The van der Waals surface area contributed by atoms with Gasteiger partial charge in [-0.3, -0.25) is 4.79 Å². The normalized spacial score (nSPS) is 24.7. The van der Waals surface area contributed by atoms with E-state index in [1.807, 2.05) is 0 Å². The van der Waals surface area contributed by atoms with Crippen LogP contribution in [0.4, 0.5) is 0 Å². The van der Waals surface area contributed by atoms with Gasteiger partial charge in [0, 0.05) is 10.3 Å². The van der Waals surface area contributed by atoms with E-state index in [1.54, 1.807) is 11.8 Å². The number of alkyl halides is 1. The maximum Gasteiger partial charge on any atom is 0.266 e. The molecule has 0 radical (unpaired) electrons. The van der Waals surface area contributed by atoms with Crippen LogP contribution in [0.3, 0.4) is 0 Å². The summed E-state index contributed by atoms with van der Waals surface area (Å²) in [4.78, 5) is 16.1. The topological polar surface area (TPSA) is 29.4 Å². The second-order valence-electron chi connectivity index (χ2n) is 6.61. The average molecular weight is 308 g/mol. The van der Waals surface area contributed by atoms with Crippen molar-refractivity contribution in [1.29, 1.82) is 0 Å². The number of carbonyl (C=O) groups is 1. The van der Waals surface area contributed by atoms with Crippen molar-refractivity contribution in [2.45, 2.75) is 49.2 Å². The highest BCUT2D eigenvalue weighted by atomic mass is 35.5. The third-order valence-corrected chi connectivity index (χ3v) is 6.24. The van der Waals surface area contributed by atoms with Crippen LogP contribution in [0.2, 0.25) is 0 Å². The summed E-state index contributed by atoms with van der Waals surface area (Å²) in [7, 11) is 0. The molecule has 1 aliphatic carbocycles. The zero-order valence-electron chi connectivity index (χ0n) is 11.9. The minimum Gasteiger partial charge on any atom is -0.271 e. The number of thioether (sulfide) groups is 1. The molecule has 1 amide bonds. The highest BCUT2D eigenvalue weighted by Gasteiger charge is 2.55. The first-order valence-corrected chi connectivity index (χ1v) is 8.14. The molecule has 1 atom stereocenters. The van der Waals surface area contributed by atoms with E-state index >= 15 is 0 Å². The van der Waals surface area contributed by atoms with Crippen LogP contribution in [-0.4, -0.2) is 21.1 Å². The third kappa shape index (κ3) is 2.42. The summed E-state index contributed by atoms with van der Waals surface area (Å²) in [5.74, 6) is -0.183. The molecule has 1 fully saturated rings. The van der Waals surface area contributed by atoms with Crippen LogP contribution in [0.15, 0.2) is 29.3 Å². The van der Waals surface area contributed by atoms with E-state index < -0.39 is 5.38 Å². The lowest BCUT2D eigenvalue weighted by atomic mass is 9.87. The van der Waals surface area contributed by atoms with Gasteiger partial charge in [0.2, 0.25) is 0 Å². The fourth-order valence-electron chi connectivity index (χ4n) is 2.36. The van der Waals surface area contributed by atoms with Crippen molar-refractivity contribution in [3.63, 3.8) is 0 Å². The van der Waals surface area contributed by atoms with Gasteiger partial charge < -0.3 is 0 Å². The molecule has 1 unspecified atom stereocenters. The van der Waals surface area contributed by atoms with Crippen molar-refractivity contribution in [2.75, 3.05) is 0 Å². The van der Waals surface area contributed by atoms with E-state index in [2.05, 4.69) is 50.0 Å². The Morgan fingerprint density at radius 3 is 2.35 bits per heavy atom. The van der Waals surface area contributed by atoms with Gasteiger partial charge in [-0.1, -0.05) is 56.8 Å². The molecule has 106 valence electrons. The van der Waals surface area contributed by atoms with E-state index in [0.717, 1.165) is 23.4 Å². The monoisotopic (exact) mass is 307 g/mol. The number of nitrogens with zero attached hydrogens (tertiary/aromatic N) is 1. The fraction of sp³-hybridized carbons (Fsp3) is 0.500. The maximum absolute atomic E-state index is 11.9. The van der Waals surface area contributed by atoms with Crippen LogP contribution < -0.4 is 0 Å². The molecular weight excluding hydrogens is 290 g/mol. The number of carbonyl (C=O) groups excluding carboxylic acids is 1. The summed E-state index contributed by atoms with van der Waals surface area (Å²) < 4.78 is -0.0849. The Labute approximate surface area is 129 Å². The second-order valence-corrected chi connectivity index (χ2v) is 8.45. The lowest BCUT2D eigenvalue weighted by Crippen LogP contribution is -2.33. The maximum atomic E-state index is 11.9. The van der Waals surface area contributed by atoms with Crippen LogP contribution in [0.25, 0.3) is 0 Å². The van der Waals surface area contributed by atoms with Crippen molar-refractivity contribution in [2.24, 2.45) is 4.99 Å². The first kappa shape index (κ1) is 14.2. The zero-order valence-corrected chi connectivity index (χ0v) is 13.5. The molecule has 4 heteroatoms. The summed E-state index contributed by atoms with van der Waals surface area (Å²) >= 11 is 7.86. The number of hydrogen-bond acceptors (Lipinski definition) is 2. The molecule has 1 aromatic rings. The van der Waals surface area contributed by atoms with Crippen LogP contribution in [0.5, 0.6) is 0 Å². The van der Waals surface area contributed by atoms with Crippen molar-refractivity contribution in [3.8, 4) is 0 Å². The zero-order chi connectivity index (χ0) is 14.5. The predicted molar refractivity (Wildman–Crippen MR) is 85.9 cm³/mol. The molecular formula is C16H18ClNOS. The third-order valence-electron chi connectivity index (χ3n) is 3.93. The first-order chi connectivity index (χ1) is 9.32. The number of rotatable bonds is 1. The first-order valence-electron chi connectivity index (χ1n) is 6.88. The Hall–Kier alpha value is -0.800. The Kier molecular flexibility index (Phi) is 3.26. The minimum absolute atomic E-state index is 0.0849. The summed E-state index contributed by atoms with van der Waals surface area (Å²) in [5.41, 5.74) is 2.44. The van der Waals surface area contributed by atoms with E-state index in [1.165, 1.54) is 5.56 Å². The molecule has 0 N–H and O–H groups in total. The molecule has 20 heavy (non-hydrogen) atoms. The number of hydrogen-bond donors (Lipinski definition) is 0. The summed E-state index contributed by atoms with van der Waals surface area (Å²) in [6.45, 7) is 6.57. The molecule has 1 spiro atoms. The molecule has 1 aromatic carbocycles. The van der Waals surface area contributed by atoms with E-state index in [9.17, 15) is 4.79 Å². The van der Waals surface area contributed by atoms with Crippen molar-refractivity contribution in [3.05, 3.63) is 35.4 Å². The van der Waals surface area contributed by atoms with Gasteiger partial charge in [0.1, 0.15) is 10.4 Å². The van der Waals surface area contributed by atoms with Crippen LogP contribution in [0.1, 0.15) is 44.7 Å². The molecule has 0 bridgehead atoms. The molecule has 1 saturated carbocycles. The molecule has 1 aliphatic heterocycles. The number of benzene rings is 1. The van der Waals surface area contributed by atoms with Crippen LogP contribution in [-0.2, 0) is 10.2 Å². The van der Waals surface area contributed by atoms with Gasteiger partial charge in [0.05, 0.1) is 0 Å². The fourth-order valence-corrected chi connectivity index (χ4v) is 4.05. The number of aliphatic imine (C=N–C) groups is 1. The lowest BCUT2D eigenvalue weighted by molar-refractivity contribution is -0.117. The summed E-state index contributed by atoms with van der Waals surface area (Å²) in [5, 5.41) is 0.370. The Balaban J connectivity index is 1.90. The van der Waals surface area contributed by atoms with Crippen LogP contribution in [0, 0.1) is 0 Å². The van der Waals surface area contributed by atoms with Crippen molar-refractivity contribution in [1.82, 2.24) is 0 Å². The van der Waals surface area contributed by atoms with Crippen molar-refractivity contribution < 1.29 is 4.79 Å². The average Bonchev–Trinajstić information content (AvgIpc) is 3.15. The Morgan fingerprint density at radius 2 is 1.85 bits per heavy atom. The Bertz CT molecular complexity index is 581. The summed E-state index contributed by atoms with van der Waals surface area (Å²) in [6.07, 6.45) is 2.02. The van der Waals surface area contributed by atoms with Crippen LogP contribution >= 0.6 is 23.4 Å². The standard InChI is InChI=1S/C16H18ClNOS/c1-15(2,3)11-6-4-10(5-7-11)14-18-13(19)12(17)16(20-14)8-9-16/h4-7,12H,8-9H2,1-3H3. The summed E-state index contributed by atoms with van der Waals surface area (Å²) in [6, 6.07) is 8.36. The van der Waals surface area contributed by atoms with E-state index in [-0.39, 0.29) is 16.1 Å². The smallest absolute Gasteiger partial charge is 0.266 e. The lowest BCUT2D eigenvalue weighted by Gasteiger charge is -2.25. The van der Waals surface area contributed by atoms with Gasteiger partial charge in [0.15, 0.2) is 0 Å². The molecule has 0 aromatic heterocycles. The SMILES string of the molecule is CC(C)(C)c1ccc(C2=NC(=O)C(Cl)C3(CC3)S2)cc1. The van der Waals surface area contributed by atoms with Gasteiger partial charge in [0.25, 0.3) is 5.91 Å². The molecule has 2 aliphatic rings. The number of amides is 1. The molecule has 3 rings (SSSR count). The highest BCUT2D eigenvalue weighted by Crippen LogP contribution is 2.56. The second kappa shape index (κ2) is 4.60. The Morgan fingerprint density at radius 1 is 1.25 bits per heavy atom. The van der Waals surface area contributed by atoms with Gasteiger partial charge >= 0.3 is 0 Å². The van der Waals surface area contributed by atoms with Gasteiger partial charge in [-0.25, -0.2) is 4.99 Å². The van der Waals surface area contributed by atoms with Crippen molar-refractivity contribution >= 4 is 34.3 Å². The molecule has 2 nitrogen and oxygen atoms in total. The molecule has 0 saturated heterocycles. The van der Waals surface area contributed by atoms with E-state index in [4.69, 9.17) is 11.6 Å². The minimum atomic E-state index is -0.454. The van der Waals surface area contributed by atoms with Gasteiger partial charge in [-0.15, -0.1) is 11.6 Å². The predicted octanol–water partition coefficient (Wildman–Crippen LogP) is 4.14. The quantitative estimate of drug-likeness (QED) is 0.730. The number of halogens is 1. The van der Waals surface area contributed by atoms with Gasteiger partial charge in [-0.2, -0.15) is 0 Å². The van der Waals surface area contributed by atoms with Gasteiger partial charge in [-0.05, 0) is 23.8 Å².